The van der Waals surface area contributed by atoms with Crippen LogP contribution in [0.2, 0.25) is 0 Å². The lowest BCUT2D eigenvalue weighted by Crippen LogP contribution is -2.56. The zero-order chi connectivity index (χ0) is 20.0. The Hall–Kier alpha value is -2.57. The van der Waals surface area contributed by atoms with Gasteiger partial charge in [0.05, 0.1) is 6.61 Å². The van der Waals surface area contributed by atoms with Crippen LogP contribution in [0.15, 0.2) is 24.3 Å². The van der Waals surface area contributed by atoms with E-state index in [4.69, 9.17) is 4.74 Å². The van der Waals surface area contributed by atoms with E-state index in [2.05, 4.69) is 5.32 Å². The van der Waals surface area contributed by atoms with Crippen molar-refractivity contribution in [3.63, 3.8) is 0 Å². The van der Waals surface area contributed by atoms with Crippen LogP contribution in [-0.2, 0) is 20.9 Å². The third-order valence-corrected chi connectivity index (χ3v) is 4.73. The maximum absolute atomic E-state index is 12.9. The van der Waals surface area contributed by atoms with E-state index in [9.17, 15) is 14.4 Å². The highest BCUT2D eigenvalue weighted by atomic mass is 16.6. The third-order valence-electron chi connectivity index (χ3n) is 4.73. The molecule has 0 radical (unpaired) electrons. The van der Waals surface area contributed by atoms with Crippen LogP contribution in [0.25, 0.3) is 0 Å². The molecule has 7 nitrogen and oxygen atoms in total. The van der Waals surface area contributed by atoms with E-state index in [1.807, 2.05) is 31.2 Å². The highest BCUT2D eigenvalue weighted by Crippen LogP contribution is 2.21. The molecule has 1 heterocycles. The Morgan fingerprint density at radius 3 is 2.33 bits per heavy atom. The number of amides is 3. The number of hydrogen-bond donors (Lipinski definition) is 1. The molecule has 148 valence electrons. The first-order valence-electron chi connectivity index (χ1n) is 9.30. The Labute approximate surface area is 160 Å². The van der Waals surface area contributed by atoms with Gasteiger partial charge in [0.25, 0.3) is 0 Å². The lowest BCUT2D eigenvalue weighted by Gasteiger charge is -2.37. The summed E-state index contributed by atoms with van der Waals surface area (Å²) in [5.74, 6) is -0.533. The molecule has 27 heavy (non-hydrogen) atoms. The van der Waals surface area contributed by atoms with Crippen molar-refractivity contribution in [2.75, 3.05) is 32.8 Å². The second-order valence-electron chi connectivity index (χ2n) is 7.27. The van der Waals surface area contributed by atoms with Crippen LogP contribution >= 0.6 is 0 Å². The molecule has 0 atom stereocenters. The molecule has 7 heteroatoms. The number of piperazine rings is 1. The van der Waals surface area contributed by atoms with E-state index < -0.39 is 5.41 Å². The van der Waals surface area contributed by atoms with Gasteiger partial charge >= 0.3 is 6.09 Å². The summed E-state index contributed by atoms with van der Waals surface area (Å²) in [5, 5.41) is 2.86. The van der Waals surface area contributed by atoms with E-state index in [-0.39, 0.29) is 17.9 Å². The quantitative estimate of drug-likeness (QED) is 0.798. The number of rotatable bonds is 5. The molecule has 0 aromatic heterocycles. The van der Waals surface area contributed by atoms with Gasteiger partial charge in [-0.25, -0.2) is 4.79 Å². The molecule has 1 aromatic rings. The largest absolute Gasteiger partial charge is 0.450 e. The fourth-order valence-corrected chi connectivity index (χ4v) is 3.02. The number of carbonyl (C=O) groups excluding carboxylic acids is 3. The molecule has 2 rings (SSSR count). The molecule has 1 aliphatic heterocycles. The zero-order valence-corrected chi connectivity index (χ0v) is 16.6. The minimum Gasteiger partial charge on any atom is -0.450 e. The van der Waals surface area contributed by atoms with E-state index in [1.54, 1.807) is 30.6 Å². The molecule has 1 aliphatic rings. The molecule has 1 aromatic carbocycles. The number of hydrogen-bond acceptors (Lipinski definition) is 4. The summed E-state index contributed by atoms with van der Waals surface area (Å²) >= 11 is 0. The number of ether oxygens (including phenoxy) is 1. The summed E-state index contributed by atoms with van der Waals surface area (Å²) in [5.41, 5.74) is 0.946. The van der Waals surface area contributed by atoms with Crippen molar-refractivity contribution < 1.29 is 19.1 Å². The van der Waals surface area contributed by atoms with Gasteiger partial charge < -0.3 is 19.9 Å². The SMILES string of the molecule is CCOC(=O)N1CCN(C(=O)C(C)(C)C(=O)NCc2cccc(C)c2)CC1. The third kappa shape index (κ3) is 5.21. The lowest BCUT2D eigenvalue weighted by molar-refractivity contribution is -0.149. The standard InChI is InChI=1S/C20H29N3O4/c1-5-27-19(26)23-11-9-22(10-12-23)18(25)20(3,4)17(24)21-14-16-8-6-7-15(2)13-16/h6-8,13H,5,9-12,14H2,1-4H3,(H,21,24). The number of aryl methyl sites for hydroxylation is 1. The monoisotopic (exact) mass is 375 g/mol. The first-order valence-corrected chi connectivity index (χ1v) is 9.30. The molecule has 1 N–H and O–H groups in total. The van der Waals surface area contributed by atoms with Gasteiger partial charge in [-0.3, -0.25) is 9.59 Å². The maximum Gasteiger partial charge on any atom is 0.409 e. The Kier molecular flexibility index (Phi) is 6.82. The van der Waals surface area contributed by atoms with E-state index in [0.717, 1.165) is 11.1 Å². The summed E-state index contributed by atoms with van der Waals surface area (Å²) < 4.78 is 4.98. The molecule has 0 spiro atoms. The number of nitrogens with zero attached hydrogens (tertiary/aromatic N) is 2. The van der Waals surface area contributed by atoms with Crippen molar-refractivity contribution in [3.05, 3.63) is 35.4 Å². The number of carbonyl (C=O) groups is 3. The summed E-state index contributed by atoms with van der Waals surface area (Å²) in [4.78, 5) is 40.5. The average molecular weight is 375 g/mol. The van der Waals surface area contributed by atoms with Crippen LogP contribution in [0.4, 0.5) is 4.79 Å². The molecule has 1 saturated heterocycles. The van der Waals surface area contributed by atoms with Gasteiger partial charge in [-0.05, 0) is 33.3 Å². The Morgan fingerprint density at radius 1 is 1.11 bits per heavy atom. The molecule has 0 unspecified atom stereocenters. The van der Waals surface area contributed by atoms with E-state index in [1.165, 1.54) is 0 Å². The van der Waals surface area contributed by atoms with Crippen LogP contribution < -0.4 is 5.32 Å². The zero-order valence-electron chi connectivity index (χ0n) is 16.6. The Balaban J connectivity index is 1.90. The van der Waals surface area contributed by atoms with Crippen LogP contribution in [0, 0.1) is 12.3 Å². The van der Waals surface area contributed by atoms with Crippen molar-refractivity contribution in [3.8, 4) is 0 Å². The van der Waals surface area contributed by atoms with Crippen molar-refractivity contribution in [2.45, 2.75) is 34.2 Å². The predicted molar refractivity (Wildman–Crippen MR) is 102 cm³/mol. The van der Waals surface area contributed by atoms with Crippen LogP contribution in [0.5, 0.6) is 0 Å². The van der Waals surface area contributed by atoms with Gasteiger partial charge in [0, 0.05) is 32.7 Å². The number of nitrogens with one attached hydrogen (secondary N) is 1. The van der Waals surface area contributed by atoms with Gasteiger partial charge in [0.15, 0.2) is 0 Å². The van der Waals surface area contributed by atoms with Gasteiger partial charge in [0.2, 0.25) is 11.8 Å². The Bertz CT molecular complexity index is 694. The molecular weight excluding hydrogens is 346 g/mol. The van der Waals surface area contributed by atoms with Crippen LogP contribution in [-0.4, -0.2) is 60.5 Å². The predicted octanol–water partition coefficient (Wildman–Crippen LogP) is 1.94. The topological polar surface area (TPSA) is 79.0 Å². The summed E-state index contributed by atoms with van der Waals surface area (Å²) in [6, 6.07) is 7.88. The second kappa shape index (κ2) is 8.88. The van der Waals surface area contributed by atoms with Gasteiger partial charge in [-0.15, -0.1) is 0 Å². The van der Waals surface area contributed by atoms with Gasteiger partial charge in [-0.2, -0.15) is 0 Å². The first-order chi connectivity index (χ1) is 12.8. The van der Waals surface area contributed by atoms with Crippen molar-refractivity contribution in [2.24, 2.45) is 5.41 Å². The fraction of sp³-hybridized carbons (Fsp3) is 0.550. The highest BCUT2D eigenvalue weighted by molar-refractivity contribution is 6.04. The Morgan fingerprint density at radius 2 is 1.74 bits per heavy atom. The minimum atomic E-state index is -1.17. The molecular formula is C20H29N3O4. The summed E-state index contributed by atoms with van der Waals surface area (Å²) in [6.45, 7) is 9.34. The van der Waals surface area contributed by atoms with Crippen molar-refractivity contribution in [1.82, 2.24) is 15.1 Å². The lowest BCUT2D eigenvalue weighted by atomic mass is 9.89. The van der Waals surface area contributed by atoms with Crippen molar-refractivity contribution in [1.29, 1.82) is 0 Å². The molecule has 1 fully saturated rings. The first kappa shape index (κ1) is 20.7. The fourth-order valence-electron chi connectivity index (χ4n) is 3.02. The molecule has 0 bridgehead atoms. The van der Waals surface area contributed by atoms with Crippen molar-refractivity contribution >= 4 is 17.9 Å². The molecule has 3 amide bonds. The smallest absolute Gasteiger partial charge is 0.409 e. The minimum absolute atomic E-state index is 0.229. The van der Waals surface area contributed by atoms with E-state index >= 15 is 0 Å². The number of benzene rings is 1. The summed E-state index contributed by atoms with van der Waals surface area (Å²) in [6.07, 6.45) is -0.361. The average Bonchev–Trinajstić information content (AvgIpc) is 2.65. The highest BCUT2D eigenvalue weighted by Gasteiger charge is 2.40. The second-order valence-corrected chi connectivity index (χ2v) is 7.27. The van der Waals surface area contributed by atoms with Gasteiger partial charge in [-0.1, -0.05) is 29.8 Å². The van der Waals surface area contributed by atoms with Gasteiger partial charge in [0.1, 0.15) is 5.41 Å². The van der Waals surface area contributed by atoms with E-state index in [0.29, 0.717) is 39.3 Å². The van der Waals surface area contributed by atoms with Crippen LogP contribution in [0.3, 0.4) is 0 Å². The summed E-state index contributed by atoms with van der Waals surface area (Å²) in [7, 11) is 0. The molecule has 0 saturated carbocycles. The molecule has 0 aliphatic carbocycles. The maximum atomic E-state index is 12.9. The normalized spacial score (nSPS) is 14.7. The van der Waals surface area contributed by atoms with Crippen LogP contribution in [0.1, 0.15) is 31.9 Å².